The summed E-state index contributed by atoms with van der Waals surface area (Å²) in [6, 6.07) is 12.2. The number of aryl methyl sites for hydroxylation is 1. The molecule has 2 aromatic carbocycles. The standard InChI is InChI=1S/C29H34ClN3O4/c1-21-24(25-19-23(35-2)5-7-26(25)33(21)12-3-11-30)6-9-29(34)32-16-14-31(15-17-32)13-10-22-4-8-27-28(18-22)37-20-36-27/h4-9,18-19H,3,10-17,20H2,1-2H3. The Morgan fingerprint density at radius 1 is 1.05 bits per heavy atom. The summed E-state index contributed by atoms with van der Waals surface area (Å²) in [7, 11) is 1.67. The minimum atomic E-state index is 0.0550. The lowest BCUT2D eigenvalue weighted by atomic mass is 10.1. The number of benzene rings is 2. The number of alkyl halides is 1. The summed E-state index contributed by atoms with van der Waals surface area (Å²) in [5.41, 5.74) is 4.56. The number of ether oxygens (including phenoxy) is 3. The second-order valence-corrected chi connectivity index (χ2v) is 9.89. The smallest absolute Gasteiger partial charge is 0.246 e. The number of hydrogen-bond donors (Lipinski definition) is 0. The van der Waals surface area contributed by atoms with E-state index < -0.39 is 0 Å². The molecule has 1 fully saturated rings. The Morgan fingerprint density at radius 2 is 1.86 bits per heavy atom. The number of fused-ring (bicyclic) bond motifs is 2. The number of rotatable bonds is 9. The maximum atomic E-state index is 13.1. The molecule has 0 aliphatic carbocycles. The lowest BCUT2D eigenvalue weighted by Crippen LogP contribution is -2.48. The van der Waals surface area contributed by atoms with Crippen LogP contribution in [0.2, 0.25) is 0 Å². The maximum Gasteiger partial charge on any atom is 0.246 e. The van der Waals surface area contributed by atoms with E-state index in [0.29, 0.717) is 12.7 Å². The average molecular weight is 524 g/mol. The Balaban J connectivity index is 1.20. The summed E-state index contributed by atoms with van der Waals surface area (Å²) in [5, 5.41) is 1.09. The number of carbonyl (C=O) groups is 1. The first-order valence-corrected chi connectivity index (χ1v) is 13.4. The van der Waals surface area contributed by atoms with Crippen molar-refractivity contribution in [1.82, 2.24) is 14.4 Å². The van der Waals surface area contributed by atoms with Gasteiger partial charge in [0.25, 0.3) is 0 Å². The van der Waals surface area contributed by atoms with Crippen molar-refractivity contribution >= 4 is 34.5 Å². The van der Waals surface area contributed by atoms with Crippen molar-refractivity contribution in [2.75, 3.05) is 52.5 Å². The molecule has 0 unspecified atom stereocenters. The Labute approximate surface area is 223 Å². The third-order valence-corrected chi connectivity index (χ3v) is 7.59. The molecule has 3 aromatic rings. The minimum Gasteiger partial charge on any atom is -0.497 e. The molecule has 1 aromatic heterocycles. The van der Waals surface area contributed by atoms with E-state index in [-0.39, 0.29) is 5.91 Å². The monoisotopic (exact) mass is 523 g/mol. The summed E-state index contributed by atoms with van der Waals surface area (Å²) in [4.78, 5) is 17.4. The fraction of sp³-hybridized carbons (Fsp3) is 0.414. The summed E-state index contributed by atoms with van der Waals surface area (Å²) < 4.78 is 18.6. The van der Waals surface area contributed by atoms with Crippen LogP contribution in [0.25, 0.3) is 17.0 Å². The third kappa shape index (κ3) is 5.58. The highest BCUT2D eigenvalue weighted by Crippen LogP contribution is 2.33. The number of halogens is 1. The number of amides is 1. The molecule has 5 rings (SSSR count). The van der Waals surface area contributed by atoms with Gasteiger partial charge in [0.2, 0.25) is 12.7 Å². The molecule has 196 valence electrons. The number of carbonyl (C=O) groups excluding carboxylic acids is 1. The lowest BCUT2D eigenvalue weighted by Gasteiger charge is -2.34. The Morgan fingerprint density at radius 3 is 2.65 bits per heavy atom. The van der Waals surface area contributed by atoms with Crippen molar-refractivity contribution in [3.05, 3.63) is 59.3 Å². The van der Waals surface area contributed by atoms with E-state index in [1.807, 2.05) is 29.2 Å². The Kier molecular flexibility index (Phi) is 7.91. The molecule has 1 amide bonds. The van der Waals surface area contributed by atoms with Crippen molar-refractivity contribution < 1.29 is 19.0 Å². The van der Waals surface area contributed by atoms with Crippen LogP contribution in [0.1, 0.15) is 23.2 Å². The summed E-state index contributed by atoms with van der Waals surface area (Å²) in [6.07, 6.45) is 5.51. The van der Waals surface area contributed by atoms with Crippen LogP contribution in [-0.4, -0.2) is 72.8 Å². The van der Waals surface area contributed by atoms with E-state index in [9.17, 15) is 4.79 Å². The van der Waals surface area contributed by atoms with Crippen LogP contribution in [0.15, 0.2) is 42.5 Å². The number of hydrogen-bond acceptors (Lipinski definition) is 5. The molecule has 3 heterocycles. The van der Waals surface area contributed by atoms with E-state index in [1.54, 1.807) is 13.2 Å². The molecule has 0 spiro atoms. The highest BCUT2D eigenvalue weighted by atomic mass is 35.5. The third-order valence-electron chi connectivity index (χ3n) is 7.32. The van der Waals surface area contributed by atoms with Crippen LogP contribution in [-0.2, 0) is 17.8 Å². The largest absolute Gasteiger partial charge is 0.497 e. The fourth-order valence-corrected chi connectivity index (χ4v) is 5.29. The predicted octanol–water partition coefficient (Wildman–Crippen LogP) is 4.72. The molecule has 1 saturated heterocycles. The zero-order valence-corrected chi connectivity index (χ0v) is 22.3. The quantitative estimate of drug-likeness (QED) is 0.300. The van der Waals surface area contributed by atoms with Crippen molar-refractivity contribution in [3.8, 4) is 17.2 Å². The van der Waals surface area contributed by atoms with Crippen LogP contribution in [0.4, 0.5) is 0 Å². The fourth-order valence-electron chi connectivity index (χ4n) is 5.17. The zero-order chi connectivity index (χ0) is 25.8. The van der Waals surface area contributed by atoms with Gasteiger partial charge in [-0.3, -0.25) is 9.69 Å². The number of aromatic nitrogens is 1. The molecule has 0 atom stereocenters. The highest BCUT2D eigenvalue weighted by molar-refractivity contribution is 6.17. The molecular weight excluding hydrogens is 490 g/mol. The molecular formula is C29H34ClN3O4. The number of methoxy groups -OCH3 is 1. The first-order valence-electron chi connectivity index (χ1n) is 12.9. The van der Waals surface area contributed by atoms with Gasteiger partial charge in [0.05, 0.1) is 7.11 Å². The average Bonchev–Trinajstić information content (AvgIpc) is 3.50. The molecule has 2 aliphatic rings. The molecule has 7 nitrogen and oxygen atoms in total. The van der Waals surface area contributed by atoms with Gasteiger partial charge >= 0.3 is 0 Å². The first kappa shape index (κ1) is 25.5. The molecule has 0 saturated carbocycles. The SMILES string of the molecule is COc1ccc2c(c1)c(C=CC(=O)N1CCN(CCc3ccc4c(c3)OCO4)CC1)c(C)n2CCCCl. The number of nitrogens with zero attached hydrogens (tertiary/aromatic N) is 3. The highest BCUT2D eigenvalue weighted by Gasteiger charge is 2.21. The molecule has 2 aliphatic heterocycles. The van der Waals surface area contributed by atoms with Crippen molar-refractivity contribution in [3.63, 3.8) is 0 Å². The van der Waals surface area contributed by atoms with Crippen LogP contribution in [0.5, 0.6) is 17.2 Å². The van der Waals surface area contributed by atoms with E-state index in [1.165, 1.54) is 5.56 Å². The second kappa shape index (κ2) is 11.5. The predicted molar refractivity (Wildman–Crippen MR) is 147 cm³/mol. The van der Waals surface area contributed by atoms with Gasteiger partial charge in [-0.25, -0.2) is 0 Å². The Bertz CT molecular complexity index is 1290. The maximum absolute atomic E-state index is 13.1. The number of piperazine rings is 1. The summed E-state index contributed by atoms with van der Waals surface area (Å²) in [5.74, 6) is 3.12. The topological polar surface area (TPSA) is 56.2 Å². The summed E-state index contributed by atoms with van der Waals surface area (Å²) in [6.45, 7) is 7.41. The Hall–Kier alpha value is -3.16. The van der Waals surface area contributed by atoms with E-state index in [2.05, 4.69) is 34.6 Å². The normalized spacial score (nSPS) is 15.7. The van der Waals surface area contributed by atoms with E-state index >= 15 is 0 Å². The van der Waals surface area contributed by atoms with Crippen molar-refractivity contribution in [2.45, 2.75) is 26.3 Å². The lowest BCUT2D eigenvalue weighted by molar-refractivity contribution is -0.127. The van der Waals surface area contributed by atoms with Crippen molar-refractivity contribution in [1.29, 1.82) is 0 Å². The summed E-state index contributed by atoms with van der Waals surface area (Å²) >= 11 is 5.97. The van der Waals surface area contributed by atoms with Crippen LogP contribution >= 0.6 is 11.6 Å². The first-order chi connectivity index (χ1) is 18.1. The van der Waals surface area contributed by atoms with Crippen molar-refractivity contribution in [2.24, 2.45) is 0 Å². The van der Waals surface area contributed by atoms with Crippen LogP contribution < -0.4 is 14.2 Å². The molecule has 0 bridgehead atoms. The van der Waals surface area contributed by atoms with Crippen LogP contribution in [0, 0.1) is 6.92 Å². The van der Waals surface area contributed by atoms with Crippen LogP contribution in [0.3, 0.4) is 0 Å². The van der Waals surface area contributed by atoms with Gasteiger partial charge in [0.1, 0.15) is 5.75 Å². The second-order valence-electron chi connectivity index (χ2n) is 9.51. The molecule has 0 N–H and O–H groups in total. The van der Waals surface area contributed by atoms with Gasteiger partial charge in [0.15, 0.2) is 11.5 Å². The zero-order valence-electron chi connectivity index (χ0n) is 21.5. The van der Waals surface area contributed by atoms with E-state index in [0.717, 1.165) is 91.5 Å². The molecule has 8 heteroatoms. The van der Waals surface area contributed by atoms with Gasteiger partial charge in [-0.2, -0.15) is 0 Å². The van der Waals surface area contributed by atoms with Gasteiger partial charge in [0, 0.05) is 73.4 Å². The van der Waals surface area contributed by atoms with Gasteiger partial charge in [-0.1, -0.05) is 6.07 Å². The van der Waals surface area contributed by atoms with E-state index in [4.69, 9.17) is 25.8 Å². The van der Waals surface area contributed by atoms with Gasteiger partial charge in [-0.15, -0.1) is 11.6 Å². The molecule has 37 heavy (non-hydrogen) atoms. The minimum absolute atomic E-state index is 0.0550. The van der Waals surface area contributed by atoms with Gasteiger partial charge in [-0.05, 0) is 61.7 Å². The molecule has 0 radical (unpaired) electrons. The van der Waals surface area contributed by atoms with Gasteiger partial charge < -0.3 is 23.7 Å².